The minimum Gasteiger partial charge on any atom is -0.385 e. The molecule has 116 valence electrons. The maximum Gasteiger partial charge on any atom is 0.251 e. The molecule has 0 aliphatic heterocycles. The van der Waals surface area contributed by atoms with Crippen LogP contribution in [0.1, 0.15) is 49.4 Å². The normalized spacial score (nSPS) is 21.8. The van der Waals surface area contributed by atoms with Crippen LogP contribution in [-0.2, 0) is 0 Å². The summed E-state index contributed by atoms with van der Waals surface area (Å²) in [5.41, 5.74) is 1.83. The first-order chi connectivity index (χ1) is 10.2. The molecular formula is C17H26N2OS. The number of hydrogen-bond acceptors (Lipinski definition) is 3. The Morgan fingerprint density at radius 2 is 1.86 bits per heavy atom. The number of rotatable bonds is 6. The Labute approximate surface area is 132 Å². The molecule has 2 N–H and O–H groups in total. The Morgan fingerprint density at radius 3 is 2.43 bits per heavy atom. The smallest absolute Gasteiger partial charge is 0.251 e. The van der Waals surface area contributed by atoms with Gasteiger partial charge < -0.3 is 10.6 Å². The van der Waals surface area contributed by atoms with E-state index in [2.05, 4.69) is 23.8 Å². The summed E-state index contributed by atoms with van der Waals surface area (Å²) in [6.45, 7) is 3.10. The molecule has 1 aromatic rings. The highest BCUT2D eigenvalue weighted by atomic mass is 32.2. The Hall–Kier alpha value is -1.16. The van der Waals surface area contributed by atoms with Crippen LogP contribution in [0, 0.1) is 0 Å². The summed E-state index contributed by atoms with van der Waals surface area (Å²) in [4.78, 5) is 12.3. The van der Waals surface area contributed by atoms with Crippen LogP contribution >= 0.6 is 11.8 Å². The van der Waals surface area contributed by atoms with Gasteiger partial charge in [0.25, 0.3) is 5.91 Å². The summed E-state index contributed by atoms with van der Waals surface area (Å²) in [6.07, 6.45) is 7.91. The van der Waals surface area contributed by atoms with Crippen LogP contribution in [0.4, 0.5) is 5.69 Å². The molecule has 3 nitrogen and oxygen atoms in total. The van der Waals surface area contributed by atoms with Crippen LogP contribution in [0.15, 0.2) is 24.3 Å². The van der Waals surface area contributed by atoms with Crippen molar-refractivity contribution in [2.45, 2.75) is 50.3 Å². The standard InChI is InChI=1S/C17H26N2OS/c1-3-12-18-14-6-4-13(5-7-14)17(20)19-15-8-10-16(21-2)11-9-15/h4-7,15-16,18H,3,8-12H2,1-2H3,(H,19,20). The third kappa shape index (κ3) is 4.95. The van der Waals surface area contributed by atoms with Gasteiger partial charge in [-0.2, -0.15) is 11.8 Å². The molecule has 1 saturated carbocycles. The van der Waals surface area contributed by atoms with E-state index in [1.807, 2.05) is 36.0 Å². The molecule has 1 fully saturated rings. The molecule has 1 amide bonds. The molecule has 1 aromatic carbocycles. The summed E-state index contributed by atoms with van der Waals surface area (Å²) >= 11 is 1.95. The predicted octanol–water partition coefficient (Wildman–Crippen LogP) is 3.91. The molecule has 0 atom stereocenters. The predicted molar refractivity (Wildman–Crippen MR) is 92.2 cm³/mol. The highest BCUT2D eigenvalue weighted by Gasteiger charge is 2.22. The number of nitrogens with one attached hydrogen (secondary N) is 2. The van der Waals surface area contributed by atoms with Crippen LogP contribution in [-0.4, -0.2) is 30.0 Å². The first kappa shape index (κ1) is 16.2. The van der Waals surface area contributed by atoms with Gasteiger partial charge in [-0.1, -0.05) is 6.92 Å². The molecule has 1 aliphatic rings. The average Bonchev–Trinajstić information content (AvgIpc) is 2.54. The molecule has 4 heteroatoms. The van der Waals surface area contributed by atoms with Gasteiger partial charge in [-0.05, 0) is 62.6 Å². The zero-order chi connectivity index (χ0) is 15.1. The van der Waals surface area contributed by atoms with Crippen molar-refractivity contribution in [1.29, 1.82) is 0 Å². The van der Waals surface area contributed by atoms with Crippen LogP contribution in [0.25, 0.3) is 0 Å². The molecule has 1 aliphatic carbocycles. The van der Waals surface area contributed by atoms with Crippen molar-refractivity contribution < 1.29 is 4.79 Å². The van der Waals surface area contributed by atoms with Crippen molar-refractivity contribution in [2.24, 2.45) is 0 Å². The quantitative estimate of drug-likeness (QED) is 0.837. The molecule has 0 unspecified atom stereocenters. The Balaban J connectivity index is 1.83. The lowest BCUT2D eigenvalue weighted by Crippen LogP contribution is -2.38. The second-order valence-electron chi connectivity index (χ2n) is 5.69. The van der Waals surface area contributed by atoms with E-state index in [4.69, 9.17) is 0 Å². The lowest BCUT2D eigenvalue weighted by molar-refractivity contribution is 0.0928. The zero-order valence-corrected chi connectivity index (χ0v) is 13.8. The van der Waals surface area contributed by atoms with E-state index in [1.54, 1.807) is 0 Å². The van der Waals surface area contributed by atoms with Crippen molar-refractivity contribution in [3.05, 3.63) is 29.8 Å². The number of thioether (sulfide) groups is 1. The van der Waals surface area contributed by atoms with Crippen LogP contribution in [0.3, 0.4) is 0 Å². The minimum absolute atomic E-state index is 0.0599. The van der Waals surface area contributed by atoms with E-state index in [0.29, 0.717) is 6.04 Å². The maximum absolute atomic E-state index is 12.3. The van der Waals surface area contributed by atoms with Gasteiger partial charge in [0.1, 0.15) is 0 Å². The fourth-order valence-corrected chi connectivity index (χ4v) is 3.46. The topological polar surface area (TPSA) is 41.1 Å². The second kappa shape index (κ2) is 8.32. The van der Waals surface area contributed by atoms with E-state index in [1.165, 1.54) is 12.8 Å². The summed E-state index contributed by atoms with van der Waals surface area (Å²) in [5.74, 6) is 0.0599. The van der Waals surface area contributed by atoms with Gasteiger partial charge in [-0.15, -0.1) is 0 Å². The van der Waals surface area contributed by atoms with Gasteiger partial charge in [0.2, 0.25) is 0 Å². The van der Waals surface area contributed by atoms with E-state index in [0.717, 1.165) is 42.3 Å². The van der Waals surface area contributed by atoms with E-state index >= 15 is 0 Å². The Bertz CT molecular complexity index is 439. The fraction of sp³-hybridized carbons (Fsp3) is 0.588. The third-order valence-corrected chi connectivity index (χ3v) is 5.21. The highest BCUT2D eigenvalue weighted by Crippen LogP contribution is 2.27. The number of amides is 1. The van der Waals surface area contributed by atoms with Crippen LogP contribution in [0.5, 0.6) is 0 Å². The van der Waals surface area contributed by atoms with Crippen molar-refractivity contribution in [3.8, 4) is 0 Å². The van der Waals surface area contributed by atoms with Gasteiger partial charge in [0, 0.05) is 29.1 Å². The van der Waals surface area contributed by atoms with Gasteiger partial charge in [-0.3, -0.25) is 4.79 Å². The van der Waals surface area contributed by atoms with Crippen molar-refractivity contribution in [1.82, 2.24) is 5.32 Å². The first-order valence-electron chi connectivity index (χ1n) is 7.90. The largest absolute Gasteiger partial charge is 0.385 e. The van der Waals surface area contributed by atoms with Crippen molar-refractivity contribution in [3.63, 3.8) is 0 Å². The van der Waals surface area contributed by atoms with Gasteiger partial charge in [0.05, 0.1) is 0 Å². The Kier molecular flexibility index (Phi) is 6.43. The highest BCUT2D eigenvalue weighted by molar-refractivity contribution is 7.99. The van der Waals surface area contributed by atoms with E-state index in [-0.39, 0.29) is 5.91 Å². The van der Waals surface area contributed by atoms with Crippen molar-refractivity contribution >= 4 is 23.4 Å². The molecule has 0 radical (unpaired) electrons. The summed E-state index contributed by atoms with van der Waals surface area (Å²) in [7, 11) is 0. The molecule has 0 spiro atoms. The molecule has 0 aromatic heterocycles. The van der Waals surface area contributed by atoms with E-state index in [9.17, 15) is 4.79 Å². The molecule has 0 heterocycles. The summed E-state index contributed by atoms with van der Waals surface area (Å²) in [5, 5.41) is 7.27. The van der Waals surface area contributed by atoms with Crippen LogP contribution < -0.4 is 10.6 Å². The Morgan fingerprint density at radius 1 is 1.19 bits per heavy atom. The molecule has 21 heavy (non-hydrogen) atoms. The average molecular weight is 306 g/mol. The zero-order valence-electron chi connectivity index (χ0n) is 13.0. The molecule has 0 bridgehead atoms. The van der Waals surface area contributed by atoms with Crippen LogP contribution in [0.2, 0.25) is 0 Å². The van der Waals surface area contributed by atoms with Crippen molar-refractivity contribution in [2.75, 3.05) is 18.1 Å². The number of carbonyl (C=O) groups excluding carboxylic acids is 1. The molecular weight excluding hydrogens is 280 g/mol. The van der Waals surface area contributed by atoms with Gasteiger partial charge in [0.15, 0.2) is 0 Å². The van der Waals surface area contributed by atoms with Gasteiger partial charge in [-0.25, -0.2) is 0 Å². The number of carbonyl (C=O) groups is 1. The van der Waals surface area contributed by atoms with E-state index < -0.39 is 0 Å². The summed E-state index contributed by atoms with van der Waals surface area (Å²) < 4.78 is 0. The van der Waals surface area contributed by atoms with Gasteiger partial charge >= 0.3 is 0 Å². The number of hydrogen-bond donors (Lipinski definition) is 2. The lowest BCUT2D eigenvalue weighted by Gasteiger charge is -2.28. The maximum atomic E-state index is 12.3. The molecule has 2 rings (SSSR count). The minimum atomic E-state index is 0.0599. The summed E-state index contributed by atoms with van der Waals surface area (Å²) in [6, 6.07) is 8.12. The number of benzene rings is 1. The third-order valence-electron chi connectivity index (χ3n) is 4.07. The lowest BCUT2D eigenvalue weighted by atomic mass is 9.94. The second-order valence-corrected chi connectivity index (χ2v) is 6.82. The fourth-order valence-electron chi connectivity index (χ4n) is 2.72. The molecule has 0 saturated heterocycles. The number of anilines is 1. The monoisotopic (exact) mass is 306 g/mol. The SMILES string of the molecule is CCCNc1ccc(C(=O)NC2CCC(SC)CC2)cc1. The first-order valence-corrected chi connectivity index (χ1v) is 9.19.